The van der Waals surface area contributed by atoms with Crippen LogP contribution in [-0.2, 0) is 11.3 Å². The molecular formula is C15H23ClN4O. The van der Waals surface area contributed by atoms with Crippen molar-refractivity contribution in [3.05, 3.63) is 30.6 Å². The molecule has 3 rings (SSSR count). The van der Waals surface area contributed by atoms with Crippen molar-refractivity contribution in [2.45, 2.75) is 25.9 Å². The van der Waals surface area contributed by atoms with Crippen molar-refractivity contribution in [3.8, 4) is 0 Å². The molecule has 0 aromatic carbocycles. The van der Waals surface area contributed by atoms with E-state index < -0.39 is 0 Å². The van der Waals surface area contributed by atoms with E-state index in [9.17, 15) is 4.79 Å². The van der Waals surface area contributed by atoms with Crippen LogP contribution in [0.15, 0.2) is 30.6 Å². The molecular weight excluding hydrogens is 288 g/mol. The highest BCUT2D eigenvalue weighted by atomic mass is 35.5. The second-order valence-corrected chi connectivity index (χ2v) is 5.74. The minimum absolute atomic E-state index is 0. The number of halogens is 1. The number of hydrogen-bond donors (Lipinski definition) is 1. The van der Waals surface area contributed by atoms with Gasteiger partial charge in [-0.3, -0.25) is 9.48 Å². The number of likely N-dealkylation sites (N-methyl/N-ethyl adjacent to an activating group) is 1. The van der Waals surface area contributed by atoms with Gasteiger partial charge in [-0.15, -0.1) is 12.4 Å². The number of amides is 1. The first kappa shape index (κ1) is 16.0. The molecule has 2 aliphatic rings. The third-order valence-corrected chi connectivity index (χ3v) is 4.66. The van der Waals surface area contributed by atoms with Crippen LogP contribution in [-0.4, -0.2) is 39.7 Å². The lowest BCUT2D eigenvalue weighted by Gasteiger charge is -2.30. The Hall–Kier alpha value is -1.33. The third-order valence-electron chi connectivity index (χ3n) is 4.66. The molecule has 1 saturated carbocycles. The summed E-state index contributed by atoms with van der Waals surface area (Å²) in [6.07, 6.45) is 9.09. The first-order chi connectivity index (χ1) is 9.70. The summed E-state index contributed by atoms with van der Waals surface area (Å²) in [6, 6.07) is 1.89. The Balaban J connectivity index is 0.00000161. The van der Waals surface area contributed by atoms with Crippen molar-refractivity contribution in [1.29, 1.82) is 0 Å². The van der Waals surface area contributed by atoms with Gasteiger partial charge in [0.2, 0.25) is 5.91 Å². The summed E-state index contributed by atoms with van der Waals surface area (Å²) in [5, 5.41) is 4.18. The van der Waals surface area contributed by atoms with Gasteiger partial charge < -0.3 is 10.6 Å². The van der Waals surface area contributed by atoms with Gasteiger partial charge in [0.1, 0.15) is 0 Å². The third kappa shape index (κ3) is 2.99. The Kier molecular flexibility index (Phi) is 5.06. The van der Waals surface area contributed by atoms with Crippen LogP contribution in [0.3, 0.4) is 0 Å². The molecule has 0 radical (unpaired) electrons. The smallest absolute Gasteiger partial charge is 0.227 e. The molecule has 0 saturated heterocycles. The molecule has 116 valence electrons. The van der Waals surface area contributed by atoms with Gasteiger partial charge in [0.25, 0.3) is 0 Å². The van der Waals surface area contributed by atoms with E-state index >= 15 is 0 Å². The number of carbonyl (C=O) groups excluding carboxylic acids is 1. The Morgan fingerprint density at radius 2 is 2.19 bits per heavy atom. The summed E-state index contributed by atoms with van der Waals surface area (Å²) in [5.74, 6) is 0.937. The van der Waals surface area contributed by atoms with E-state index in [0.29, 0.717) is 18.4 Å². The Labute approximate surface area is 131 Å². The van der Waals surface area contributed by atoms with E-state index in [1.807, 2.05) is 28.8 Å². The number of carbonyl (C=O) groups is 1. The lowest BCUT2D eigenvalue weighted by atomic mass is 9.88. The summed E-state index contributed by atoms with van der Waals surface area (Å²) in [6.45, 7) is 4.18. The maximum absolute atomic E-state index is 12.7. The van der Waals surface area contributed by atoms with E-state index in [4.69, 9.17) is 5.73 Å². The van der Waals surface area contributed by atoms with Gasteiger partial charge in [-0.1, -0.05) is 12.2 Å². The average Bonchev–Trinajstić information content (AvgIpc) is 3.15. The molecule has 1 fully saturated rings. The van der Waals surface area contributed by atoms with Crippen molar-refractivity contribution < 1.29 is 4.79 Å². The van der Waals surface area contributed by atoms with Gasteiger partial charge in [0.05, 0.1) is 12.5 Å². The van der Waals surface area contributed by atoms with Crippen molar-refractivity contribution in [1.82, 2.24) is 14.7 Å². The Morgan fingerprint density at radius 3 is 2.76 bits per heavy atom. The summed E-state index contributed by atoms with van der Waals surface area (Å²) < 4.78 is 1.86. The van der Waals surface area contributed by atoms with Crippen LogP contribution in [0.2, 0.25) is 0 Å². The van der Waals surface area contributed by atoms with Crippen LogP contribution in [0.1, 0.15) is 13.3 Å². The second-order valence-electron chi connectivity index (χ2n) is 5.74. The van der Waals surface area contributed by atoms with Crippen molar-refractivity contribution >= 4 is 18.3 Å². The quantitative estimate of drug-likeness (QED) is 0.834. The summed E-state index contributed by atoms with van der Waals surface area (Å²) in [7, 11) is 0. The minimum Gasteiger partial charge on any atom is -0.341 e. The molecule has 2 aliphatic carbocycles. The van der Waals surface area contributed by atoms with E-state index in [2.05, 4.69) is 17.3 Å². The number of allylic oxidation sites excluding steroid dienone is 1. The molecule has 1 heterocycles. The predicted molar refractivity (Wildman–Crippen MR) is 83.9 cm³/mol. The van der Waals surface area contributed by atoms with E-state index in [-0.39, 0.29) is 30.3 Å². The number of fused-ring (bicyclic) bond motifs is 2. The molecule has 2 N–H and O–H groups in total. The first-order valence-corrected chi connectivity index (χ1v) is 7.41. The van der Waals surface area contributed by atoms with Crippen LogP contribution in [0.5, 0.6) is 0 Å². The molecule has 0 spiro atoms. The summed E-state index contributed by atoms with van der Waals surface area (Å²) in [5.41, 5.74) is 6.23. The van der Waals surface area contributed by atoms with Gasteiger partial charge in [-0.2, -0.15) is 5.10 Å². The summed E-state index contributed by atoms with van der Waals surface area (Å²) >= 11 is 0. The number of nitrogens with two attached hydrogens (primary N) is 1. The van der Waals surface area contributed by atoms with Gasteiger partial charge in [0.15, 0.2) is 0 Å². The van der Waals surface area contributed by atoms with Crippen LogP contribution in [0.4, 0.5) is 0 Å². The normalized spacial score (nSPS) is 29.4. The Morgan fingerprint density at radius 1 is 1.43 bits per heavy atom. The fourth-order valence-electron chi connectivity index (χ4n) is 3.50. The maximum Gasteiger partial charge on any atom is 0.227 e. The largest absolute Gasteiger partial charge is 0.341 e. The lowest BCUT2D eigenvalue weighted by Crippen LogP contribution is -2.46. The maximum atomic E-state index is 12.7. The zero-order valence-corrected chi connectivity index (χ0v) is 13.1. The van der Waals surface area contributed by atoms with E-state index in [1.54, 1.807) is 6.20 Å². The number of rotatable bonds is 5. The van der Waals surface area contributed by atoms with Crippen molar-refractivity contribution in [3.63, 3.8) is 0 Å². The predicted octanol–water partition coefficient (Wildman–Crippen LogP) is 1.30. The van der Waals surface area contributed by atoms with Crippen molar-refractivity contribution in [2.75, 3.05) is 13.1 Å². The summed E-state index contributed by atoms with van der Waals surface area (Å²) in [4.78, 5) is 14.6. The molecule has 21 heavy (non-hydrogen) atoms. The molecule has 6 heteroatoms. The van der Waals surface area contributed by atoms with Crippen LogP contribution >= 0.6 is 12.4 Å². The van der Waals surface area contributed by atoms with Gasteiger partial charge in [-0.05, 0) is 31.2 Å². The second kappa shape index (κ2) is 6.62. The standard InChI is InChI=1S/C15H22N4O.ClH/c1-2-18(8-9-19-7-3-6-17-19)15(20)13-11-4-5-12(10-11)14(13)16;/h3-7,11-14H,2,8-10,16H2,1H3;1H/t11-,12+,13-,14+;/m1./s1. The zero-order chi connectivity index (χ0) is 14.1. The topological polar surface area (TPSA) is 64.2 Å². The van der Waals surface area contributed by atoms with Crippen LogP contribution in [0.25, 0.3) is 0 Å². The zero-order valence-electron chi connectivity index (χ0n) is 12.3. The first-order valence-electron chi connectivity index (χ1n) is 7.41. The molecule has 0 aliphatic heterocycles. The molecule has 0 unspecified atom stereocenters. The Bertz CT molecular complexity index is 502. The SMILES string of the molecule is CCN(CCn1cccn1)C(=O)[C@H]1[C@@H](N)[C@H]2C=C[C@@H]1C2.Cl. The van der Waals surface area contributed by atoms with Crippen molar-refractivity contribution in [2.24, 2.45) is 23.5 Å². The number of aromatic nitrogens is 2. The van der Waals surface area contributed by atoms with Crippen LogP contribution in [0, 0.1) is 17.8 Å². The molecule has 4 atom stereocenters. The number of hydrogen-bond acceptors (Lipinski definition) is 3. The monoisotopic (exact) mass is 310 g/mol. The number of nitrogens with zero attached hydrogens (tertiary/aromatic N) is 3. The fourth-order valence-corrected chi connectivity index (χ4v) is 3.50. The molecule has 1 aromatic heterocycles. The minimum atomic E-state index is -0.0254. The highest BCUT2D eigenvalue weighted by Crippen LogP contribution is 2.43. The van der Waals surface area contributed by atoms with Crippen LogP contribution < -0.4 is 5.73 Å². The highest BCUT2D eigenvalue weighted by Gasteiger charge is 2.47. The molecule has 1 aromatic rings. The lowest BCUT2D eigenvalue weighted by molar-refractivity contribution is -0.136. The van der Waals surface area contributed by atoms with Gasteiger partial charge in [-0.25, -0.2) is 0 Å². The van der Waals surface area contributed by atoms with Gasteiger partial charge >= 0.3 is 0 Å². The highest BCUT2D eigenvalue weighted by molar-refractivity contribution is 5.85. The molecule has 5 nitrogen and oxygen atoms in total. The average molecular weight is 311 g/mol. The molecule has 1 amide bonds. The fraction of sp³-hybridized carbons (Fsp3) is 0.600. The van der Waals surface area contributed by atoms with E-state index in [1.165, 1.54) is 0 Å². The van der Waals surface area contributed by atoms with Gasteiger partial charge in [0, 0.05) is 31.5 Å². The molecule has 2 bridgehead atoms. The van der Waals surface area contributed by atoms with E-state index in [0.717, 1.165) is 19.5 Å².